The van der Waals surface area contributed by atoms with Gasteiger partial charge in [-0.3, -0.25) is 4.79 Å². The highest BCUT2D eigenvalue weighted by atomic mass is 32.2. The topological polar surface area (TPSA) is 38.3 Å². The molecule has 0 atom stereocenters. The molecule has 1 N–H and O–H groups in total. The Bertz CT molecular complexity index is 181. The molecule has 1 aliphatic rings. The van der Waals surface area contributed by atoms with Crippen LogP contribution in [0.25, 0.3) is 0 Å². The molecule has 1 rings (SSSR count). The average Bonchev–Trinajstić information content (AvgIpc) is 2.75. The number of rotatable bonds is 7. The molecular formula is C11H21NO2S. The van der Waals surface area contributed by atoms with Crippen LogP contribution in [-0.2, 0) is 9.53 Å². The number of hydrogen-bond acceptors (Lipinski definition) is 4. The van der Waals surface area contributed by atoms with Crippen LogP contribution in [0, 0.1) is 0 Å². The Morgan fingerprint density at radius 2 is 2.13 bits per heavy atom. The molecule has 0 bridgehead atoms. The summed E-state index contributed by atoms with van der Waals surface area (Å²) in [7, 11) is 1.44. The van der Waals surface area contributed by atoms with Crippen molar-refractivity contribution in [3.63, 3.8) is 0 Å². The lowest BCUT2D eigenvalue weighted by Crippen LogP contribution is -2.28. The largest absolute Gasteiger partial charge is 0.469 e. The minimum Gasteiger partial charge on any atom is -0.469 e. The number of nitrogens with one attached hydrogen (secondary N) is 1. The molecule has 15 heavy (non-hydrogen) atoms. The number of carbonyl (C=O) groups is 1. The van der Waals surface area contributed by atoms with E-state index in [9.17, 15) is 4.79 Å². The molecule has 4 heteroatoms. The van der Waals surface area contributed by atoms with Crippen LogP contribution in [0.5, 0.6) is 0 Å². The maximum Gasteiger partial charge on any atom is 0.306 e. The van der Waals surface area contributed by atoms with Crippen molar-refractivity contribution >= 4 is 17.7 Å². The lowest BCUT2D eigenvalue weighted by atomic mass is 10.2. The second-order valence-electron chi connectivity index (χ2n) is 3.87. The van der Waals surface area contributed by atoms with Gasteiger partial charge < -0.3 is 10.1 Å². The zero-order valence-corrected chi connectivity index (χ0v) is 10.3. The summed E-state index contributed by atoms with van der Waals surface area (Å²) in [6.45, 7) is 1.07. The summed E-state index contributed by atoms with van der Waals surface area (Å²) in [6, 6.07) is 0.756. The minimum absolute atomic E-state index is 0.105. The second kappa shape index (κ2) is 7.99. The van der Waals surface area contributed by atoms with E-state index in [1.165, 1.54) is 32.8 Å². The van der Waals surface area contributed by atoms with E-state index in [4.69, 9.17) is 0 Å². The average molecular weight is 231 g/mol. The standard InChI is InChI=1S/C11H21NO2S/c1-14-11(13)6-8-15-9-7-12-10-4-2-3-5-10/h10,12H,2-9H2,1H3. The SMILES string of the molecule is COC(=O)CCSCCNC1CCCC1. The molecule has 0 saturated heterocycles. The van der Waals surface area contributed by atoms with Gasteiger partial charge in [-0.05, 0) is 12.8 Å². The lowest BCUT2D eigenvalue weighted by molar-refractivity contribution is -0.140. The first-order valence-corrected chi connectivity index (χ1v) is 6.86. The van der Waals surface area contributed by atoms with Crippen LogP contribution in [-0.4, -0.2) is 37.2 Å². The van der Waals surface area contributed by atoms with E-state index in [0.717, 1.165) is 24.1 Å². The Labute approximate surface area is 96.3 Å². The molecular weight excluding hydrogens is 210 g/mol. The fraction of sp³-hybridized carbons (Fsp3) is 0.909. The normalized spacial score (nSPS) is 16.9. The van der Waals surface area contributed by atoms with E-state index in [1.807, 2.05) is 11.8 Å². The molecule has 0 heterocycles. The van der Waals surface area contributed by atoms with Crippen molar-refractivity contribution in [1.82, 2.24) is 5.32 Å². The van der Waals surface area contributed by atoms with Gasteiger partial charge >= 0.3 is 5.97 Å². The fourth-order valence-corrected chi connectivity index (χ4v) is 2.60. The van der Waals surface area contributed by atoms with Gasteiger partial charge in [-0.1, -0.05) is 12.8 Å². The summed E-state index contributed by atoms with van der Waals surface area (Å²) in [6.07, 6.45) is 5.98. The third kappa shape index (κ3) is 6.05. The van der Waals surface area contributed by atoms with Gasteiger partial charge in [0.15, 0.2) is 0 Å². The maximum atomic E-state index is 10.8. The van der Waals surface area contributed by atoms with Gasteiger partial charge in [-0.25, -0.2) is 0 Å². The second-order valence-corrected chi connectivity index (χ2v) is 5.10. The van der Waals surface area contributed by atoms with E-state index in [-0.39, 0.29) is 5.97 Å². The molecule has 0 aromatic rings. The zero-order valence-electron chi connectivity index (χ0n) is 9.46. The number of hydrogen-bond donors (Lipinski definition) is 1. The van der Waals surface area contributed by atoms with Crippen molar-refractivity contribution in [2.24, 2.45) is 0 Å². The Morgan fingerprint density at radius 3 is 2.80 bits per heavy atom. The number of thioether (sulfide) groups is 1. The molecule has 0 unspecified atom stereocenters. The fourth-order valence-electron chi connectivity index (χ4n) is 1.82. The van der Waals surface area contributed by atoms with Crippen molar-refractivity contribution in [3.05, 3.63) is 0 Å². The van der Waals surface area contributed by atoms with Gasteiger partial charge in [0.1, 0.15) is 0 Å². The minimum atomic E-state index is -0.105. The summed E-state index contributed by atoms with van der Waals surface area (Å²) < 4.78 is 4.57. The third-order valence-corrected chi connectivity index (χ3v) is 3.70. The molecule has 0 spiro atoms. The molecule has 0 aromatic heterocycles. The molecule has 1 fully saturated rings. The first-order valence-electron chi connectivity index (χ1n) is 5.71. The lowest BCUT2D eigenvalue weighted by Gasteiger charge is -2.10. The molecule has 88 valence electrons. The maximum absolute atomic E-state index is 10.8. The van der Waals surface area contributed by atoms with E-state index >= 15 is 0 Å². The Balaban J connectivity index is 1.82. The van der Waals surface area contributed by atoms with Crippen molar-refractivity contribution in [3.8, 4) is 0 Å². The van der Waals surface area contributed by atoms with Gasteiger partial charge in [0.05, 0.1) is 13.5 Å². The van der Waals surface area contributed by atoms with Crippen molar-refractivity contribution in [2.75, 3.05) is 25.2 Å². The predicted molar refractivity (Wildman–Crippen MR) is 64.2 cm³/mol. The number of methoxy groups -OCH3 is 1. The summed E-state index contributed by atoms with van der Waals surface area (Å²) in [5, 5.41) is 3.55. The summed E-state index contributed by atoms with van der Waals surface area (Å²) in [5.74, 6) is 1.86. The zero-order chi connectivity index (χ0) is 10.9. The summed E-state index contributed by atoms with van der Waals surface area (Å²) in [4.78, 5) is 10.8. The molecule has 1 saturated carbocycles. The predicted octanol–water partition coefficient (Wildman–Crippen LogP) is 1.81. The quantitative estimate of drug-likeness (QED) is 0.536. The molecule has 0 amide bonds. The monoisotopic (exact) mass is 231 g/mol. The smallest absolute Gasteiger partial charge is 0.306 e. The number of ether oxygens (including phenoxy) is 1. The van der Waals surface area contributed by atoms with Gasteiger partial charge in [0, 0.05) is 24.1 Å². The van der Waals surface area contributed by atoms with Gasteiger partial charge in [-0.2, -0.15) is 11.8 Å². The van der Waals surface area contributed by atoms with Crippen LogP contribution in [0.15, 0.2) is 0 Å². The van der Waals surface area contributed by atoms with Crippen molar-refractivity contribution in [1.29, 1.82) is 0 Å². The van der Waals surface area contributed by atoms with Crippen molar-refractivity contribution < 1.29 is 9.53 Å². The molecule has 3 nitrogen and oxygen atoms in total. The molecule has 0 aromatic carbocycles. The first-order chi connectivity index (χ1) is 7.33. The Morgan fingerprint density at radius 1 is 1.40 bits per heavy atom. The molecule has 0 radical (unpaired) electrons. The van der Waals surface area contributed by atoms with Crippen LogP contribution in [0.3, 0.4) is 0 Å². The first kappa shape index (κ1) is 12.8. The summed E-state index contributed by atoms with van der Waals surface area (Å²) >= 11 is 1.82. The Hall–Kier alpha value is -0.220. The van der Waals surface area contributed by atoms with Crippen LogP contribution in [0.1, 0.15) is 32.1 Å². The highest BCUT2D eigenvalue weighted by Gasteiger charge is 2.13. The Kier molecular flexibility index (Phi) is 6.85. The van der Waals surface area contributed by atoms with Crippen LogP contribution >= 0.6 is 11.8 Å². The molecule has 0 aliphatic heterocycles. The summed E-state index contributed by atoms with van der Waals surface area (Å²) in [5.41, 5.74) is 0. The van der Waals surface area contributed by atoms with E-state index in [1.54, 1.807) is 0 Å². The molecule has 1 aliphatic carbocycles. The van der Waals surface area contributed by atoms with E-state index in [0.29, 0.717) is 6.42 Å². The van der Waals surface area contributed by atoms with E-state index in [2.05, 4.69) is 10.1 Å². The van der Waals surface area contributed by atoms with Crippen molar-refractivity contribution in [2.45, 2.75) is 38.1 Å². The van der Waals surface area contributed by atoms with E-state index < -0.39 is 0 Å². The van der Waals surface area contributed by atoms with Gasteiger partial charge in [-0.15, -0.1) is 0 Å². The highest BCUT2D eigenvalue weighted by Crippen LogP contribution is 2.17. The third-order valence-electron chi connectivity index (χ3n) is 2.71. The van der Waals surface area contributed by atoms with Crippen LogP contribution < -0.4 is 5.32 Å². The number of esters is 1. The highest BCUT2D eigenvalue weighted by molar-refractivity contribution is 7.99. The van der Waals surface area contributed by atoms with Crippen LogP contribution in [0.2, 0.25) is 0 Å². The van der Waals surface area contributed by atoms with Gasteiger partial charge in [0.2, 0.25) is 0 Å². The van der Waals surface area contributed by atoms with Crippen LogP contribution in [0.4, 0.5) is 0 Å². The van der Waals surface area contributed by atoms with Gasteiger partial charge in [0.25, 0.3) is 0 Å². The number of carbonyl (C=O) groups excluding carboxylic acids is 1.